The third-order valence-corrected chi connectivity index (χ3v) is 4.10. The summed E-state index contributed by atoms with van der Waals surface area (Å²) in [5.74, 6) is 1.58. The van der Waals surface area contributed by atoms with Crippen LogP contribution in [0.2, 0.25) is 0 Å². The summed E-state index contributed by atoms with van der Waals surface area (Å²) in [6.45, 7) is 1.97. The Labute approximate surface area is 134 Å². The van der Waals surface area contributed by atoms with E-state index in [1.165, 1.54) is 6.20 Å². The first kappa shape index (κ1) is 18.0. The molecule has 0 heterocycles. The lowest BCUT2D eigenvalue weighted by Crippen LogP contribution is -2.10. The molecule has 22 heavy (non-hydrogen) atoms. The molecule has 1 atom stereocenters. The molecule has 0 amide bonds. The lowest BCUT2D eigenvalue weighted by Gasteiger charge is -2.16. The molecule has 0 bridgehead atoms. The van der Waals surface area contributed by atoms with Crippen molar-refractivity contribution in [2.75, 3.05) is 31.7 Å². The van der Waals surface area contributed by atoms with Gasteiger partial charge in [0.25, 0.3) is 0 Å². The van der Waals surface area contributed by atoms with Crippen molar-refractivity contribution < 1.29 is 13.7 Å². The Morgan fingerprint density at radius 2 is 2.14 bits per heavy atom. The highest BCUT2D eigenvalue weighted by Gasteiger charge is 2.15. The Kier molecular flexibility index (Phi) is 7.45. The van der Waals surface area contributed by atoms with Crippen LogP contribution in [-0.4, -0.2) is 37.4 Å². The number of nitrogens with one attached hydrogen (secondary N) is 1. The van der Waals surface area contributed by atoms with Gasteiger partial charge in [-0.15, -0.1) is 0 Å². The molecular formula is C15H23N3O3S. The van der Waals surface area contributed by atoms with Crippen molar-refractivity contribution in [3.8, 4) is 11.5 Å². The molecule has 0 saturated heterocycles. The summed E-state index contributed by atoms with van der Waals surface area (Å²) >= 11 is 0. The van der Waals surface area contributed by atoms with Gasteiger partial charge in [0, 0.05) is 30.8 Å². The van der Waals surface area contributed by atoms with Gasteiger partial charge >= 0.3 is 0 Å². The number of hydrogen-bond acceptors (Lipinski definition) is 5. The second-order valence-electron chi connectivity index (χ2n) is 4.42. The monoisotopic (exact) mass is 325 g/mol. The first-order chi connectivity index (χ1) is 10.6. The molecule has 6 nitrogen and oxygen atoms in total. The lowest BCUT2D eigenvalue weighted by molar-refractivity contribution is 0.356. The third-order valence-electron chi connectivity index (χ3n) is 2.87. The van der Waals surface area contributed by atoms with E-state index >= 15 is 0 Å². The van der Waals surface area contributed by atoms with Gasteiger partial charge in [0.1, 0.15) is 11.0 Å². The van der Waals surface area contributed by atoms with E-state index in [2.05, 4.69) is 9.71 Å². The molecule has 3 N–H and O–H groups in total. The molecule has 0 fully saturated rings. The maximum atomic E-state index is 12.0. The van der Waals surface area contributed by atoms with Crippen molar-refractivity contribution in [1.82, 2.24) is 0 Å². The number of nitrogens with zero attached hydrogens (tertiary/aromatic N) is 1. The highest BCUT2D eigenvalue weighted by Crippen LogP contribution is 2.38. The van der Waals surface area contributed by atoms with Crippen molar-refractivity contribution in [2.24, 2.45) is 10.7 Å². The van der Waals surface area contributed by atoms with Gasteiger partial charge in [0.05, 0.1) is 19.9 Å². The van der Waals surface area contributed by atoms with Crippen LogP contribution >= 0.6 is 0 Å². The molecule has 0 saturated carbocycles. The summed E-state index contributed by atoms with van der Waals surface area (Å²) in [4.78, 5) is 3.98. The molecule has 1 aromatic rings. The Morgan fingerprint density at radius 3 is 2.64 bits per heavy atom. The minimum atomic E-state index is -1.19. The van der Waals surface area contributed by atoms with E-state index in [0.29, 0.717) is 22.9 Å². The normalized spacial score (nSPS) is 13.2. The zero-order chi connectivity index (χ0) is 16.5. The number of anilines is 1. The average molecular weight is 325 g/mol. The maximum absolute atomic E-state index is 12.0. The molecule has 0 aliphatic carbocycles. The zero-order valence-corrected chi connectivity index (χ0v) is 14.2. The second kappa shape index (κ2) is 9.09. The number of methoxy groups -OCH3 is 2. The van der Waals surface area contributed by atoms with E-state index in [9.17, 15) is 4.21 Å². The van der Waals surface area contributed by atoms with Gasteiger partial charge in [-0.05, 0) is 24.1 Å². The number of benzene rings is 1. The number of ether oxygens (including phenoxy) is 2. The fourth-order valence-corrected chi connectivity index (χ4v) is 2.79. The van der Waals surface area contributed by atoms with Crippen molar-refractivity contribution >= 4 is 28.5 Å². The number of aliphatic imine (C=N–C) groups is 1. The van der Waals surface area contributed by atoms with Gasteiger partial charge in [0.2, 0.25) is 0 Å². The predicted octanol–water partition coefficient (Wildman–Crippen LogP) is 2.19. The van der Waals surface area contributed by atoms with Crippen LogP contribution in [0.5, 0.6) is 11.5 Å². The SMILES string of the molecule is CCCS(=O)Nc1cc(/C(C=NC)=C/N)cc(OC)c1OC. The first-order valence-corrected chi connectivity index (χ1v) is 8.18. The van der Waals surface area contributed by atoms with Crippen LogP contribution in [-0.2, 0) is 11.0 Å². The van der Waals surface area contributed by atoms with Crippen molar-refractivity contribution in [1.29, 1.82) is 0 Å². The van der Waals surface area contributed by atoms with Gasteiger partial charge in [-0.3, -0.25) is 4.99 Å². The Balaban J connectivity index is 3.35. The van der Waals surface area contributed by atoms with E-state index in [-0.39, 0.29) is 0 Å². The van der Waals surface area contributed by atoms with Crippen LogP contribution in [0.25, 0.3) is 5.57 Å². The minimum Gasteiger partial charge on any atom is -0.493 e. The Hall–Kier alpha value is -2.02. The van der Waals surface area contributed by atoms with Crippen LogP contribution in [0.4, 0.5) is 5.69 Å². The standard InChI is InChI=1S/C15H23N3O3S/c1-5-6-22(19)18-13-7-11(12(9-16)10-17-2)8-14(20-3)15(13)21-4/h7-10,18H,5-6,16H2,1-4H3/b12-9+,17-10?. The Bertz CT molecular complexity index is 586. The topological polar surface area (TPSA) is 85.9 Å². The molecule has 0 aromatic heterocycles. The van der Waals surface area contributed by atoms with Crippen LogP contribution in [0.1, 0.15) is 18.9 Å². The summed E-state index contributed by atoms with van der Waals surface area (Å²) in [6, 6.07) is 3.61. The predicted molar refractivity (Wildman–Crippen MR) is 93.0 cm³/mol. The number of hydrogen-bond donors (Lipinski definition) is 2. The fourth-order valence-electron chi connectivity index (χ4n) is 1.92. The van der Waals surface area contributed by atoms with Gasteiger partial charge in [0.15, 0.2) is 11.5 Å². The highest BCUT2D eigenvalue weighted by molar-refractivity contribution is 7.86. The number of nitrogens with two attached hydrogens (primary N) is 1. The third kappa shape index (κ3) is 4.49. The van der Waals surface area contributed by atoms with E-state index < -0.39 is 11.0 Å². The maximum Gasteiger partial charge on any atom is 0.184 e. The zero-order valence-electron chi connectivity index (χ0n) is 13.4. The molecule has 7 heteroatoms. The van der Waals surface area contributed by atoms with Gasteiger partial charge in [-0.2, -0.15) is 0 Å². The average Bonchev–Trinajstić information content (AvgIpc) is 2.51. The molecular weight excluding hydrogens is 302 g/mol. The molecule has 1 rings (SSSR count). The summed E-state index contributed by atoms with van der Waals surface area (Å²) in [5, 5.41) is 0. The van der Waals surface area contributed by atoms with E-state index in [1.54, 1.807) is 33.5 Å². The number of allylic oxidation sites excluding steroid dienone is 1. The van der Waals surface area contributed by atoms with Crippen LogP contribution in [0.15, 0.2) is 23.3 Å². The molecule has 0 radical (unpaired) electrons. The second-order valence-corrected chi connectivity index (χ2v) is 5.72. The van der Waals surface area contributed by atoms with E-state index in [4.69, 9.17) is 15.2 Å². The minimum absolute atomic E-state index is 0.500. The molecule has 0 aliphatic heterocycles. The smallest absolute Gasteiger partial charge is 0.184 e. The molecule has 0 aliphatic rings. The summed E-state index contributed by atoms with van der Waals surface area (Å²) in [5.41, 5.74) is 7.76. The molecule has 1 aromatic carbocycles. The molecule has 0 spiro atoms. The van der Waals surface area contributed by atoms with Crippen molar-refractivity contribution in [3.63, 3.8) is 0 Å². The largest absolute Gasteiger partial charge is 0.493 e. The van der Waals surface area contributed by atoms with Crippen molar-refractivity contribution in [2.45, 2.75) is 13.3 Å². The summed E-state index contributed by atoms with van der Waals surface area (Å²) in [6.07, 6.45) is 3.92. The van der Waals surface area contributed by atoms with E-state index in [1.807, 2.05) is 13.0 Å². The van der Waals surface area contributed by atoms with Crippen LogP contribution < -0.4 is 19.9 Å². The number of rotatable bonds is 8. The fraction of sp³-hybridized carbons (Fsp3) is 0.400. The molecule has 1 unspecified atom stereocenters. The van der Waals surface area contributed by atoms with Crippen molar-refractivity contribution in [3.05, 3.63) is 23.9 Å². The summed E-state index contributed by atoms with van der Waals surface area (Å²) < 4.78 is 25.7. The molecule has 122 valence electrons. The first-order valence-electron chi connectivity index (χ1n) is 6.86. The van der Waals surface area contributed by atoms with E-state index in [0.717, 1.165) is 17.6 Å². The Morgan fingerprint density at radius 1 is 1.41 bits per heavy atom. The van der Waals surface area contributed by atoms with Gasteiger partial charge < -0.3 is 19.9 Å². The van der Waals surface area contributed by atoms with Gasteiger partial charge in [-0.1, -0.05) is 6.92 Å². The van der Waals surface area contributed by atoms with Gasteiger partial charge in [-0.25, -0.2) is 4.21 Å². The lowest BCUT2D eigenvalue weighted by atomic mass is 10.1. The van der Waals surface area contributed by atoms with Crippen LogP contribution in [0, 0.1) is 0 Å². The highest BCUT2D eigenvalue weighted by atomic mass is 32.2. The summed E-state index contributed by atoms with van der Waals surface area (Å²) in [7, 11) is 3.57. The van der Waals surface area contributed by atoms with Crippen LogP contribution in [0.3, 0.4) is 0 Å². The quantitative estimate of drug-likeness (QED) is 0.717.